The SMILES string of the molecule is CCC(C)(O)CNC(=O)c1ccc(I)cc1. The standard InChI is InChI=1S/C12H16INO2/c1-3-12(2,16)8-14-11(15)9-4-6-10(13)7-5-9/h4-7,16H,3,8H2,1-2H3,(H,14,15). The smallest absolute Gasteiger partial charge is 0.251 e. The summed E-state index contributed by atoms with van der Waals surface area (Å²) in [7, 11) is 0. The molecule has 1 atom stereocenters. The van der Waals surface area contributed by atoms with E-state index in [0.717, 1.165) is 3.57 Å². The molecule has 16 heavy (non-hydrogen) atoms. The zero-order chi connectivity index (χ0) is 12.2. The highest BCUT2D eigenvalue weighted by Gasteiger charge is 2.18. The second kappa shape index (κ2) is 5.63. The highest BCUT2D eigenvalue weighted by molar-refractivity contribution is 14.1. The van der Waals surface area contributed by atoms with Crippen molar-refractivity contribution < 1.29 is 9.90 Å². The Labute approximate surface area is 109 Å². The van der Waals surface area contributed by atoms with Crippen LogP contribution >= 0.6 is 22.6 Å². The van der Waals surface area contributed by atoms with E-state index in [1.807, 2.05) is 19.1 Å². The van der Waals surface area contributed by atoms with Crippen molar-refractivity contribution in [2.24, 2.45) is 0 Å². The van der Waals surface area contributed by atoms with Crippen LogP contribution in [0, 0.1) is 3.57 Å². The molecule has 0 aliphatic carbocycles. The minimum atomic E-state index is -0.834. The van der Waals surface area contributed by atoms with Gasteiger partial charge in [0.05, 0.1) is 5.60 Å². The summed E-state index contributed by atoms with van der Waals surface area (Å²) in [6.07, 6.45) is 0.611. The second-order valence-corrected chi connectivity index (χ2v) is 5.29. The van der Waals surface area contributed by atoms with Gasteiger partial charge in [-0.05, 0) is 60.2 Å². The largest absolute Gasteiger partial charge is 0.388 e. The number of carbonyl (C=O) groups excluding carboxylic acids is 1. The molecule has 0 fully saturated rings. The van der Waals surface area contributed by atoms with Gasteiger partial charge in [0.1, 0.15) is 0 Å². The number of benzene rings is 1. The number of amides is 1. The van der Waals surface area contributed by atoms with Crippen molar-refractivity contribution in [3.63, 3.8) is 0 Å². The molecule has 0 bridgehead atoms. The summed E-state index contributed by atoms with van der Waals surface area (Å²) in [5, 5.41) is 12.5. The monoisotopic (exact) mass is 333 g/mol. The summed E-state index contributed by atoms with van der Waals surface area (Å²) >= 11 is 2.19. The van der Waals surface area contributed by atoms with Crippen molar-refractivity contribution in [2.75, 3.05) is 6.54 Å². The molecule has 1 aromatic rings. The summed E-state index contributed by atoms with van der Waals surface area (Å²) < 4.78 is 1.09. The zero-order valence-electron chi connectivity index (χ0n) is 9.46. The lowest BCUT2D eigenvalue weighted by molar-refractivity contribution is 0.0518. The average molecular weight is 333 g/mol. The van der Waals surface area contributed by atoms with E-state index < -0.39 is 5.60 Å². The lowest BCUT2D eigenvalue weighted by atomic mass is 10.0. The number of hydrogen-bond acceptors (Lipinski definition) is 2. The lowest BCUT2D eigenvalue weighted by Gasteiger charge is -2.21. The molecule has 0 saturated heterocycles. The van der Waals surface area contributed by atoms with Gasteiger partial charge in [0.25, 0.3) is 5.91 Å². The van der Waals surface area contributed by atoms with E-state index in [4.69, 9.17) is 0 Å². The maximum atomic E-state index is 11.7. The second-order valence-electron chi connectivity index (χ2n) is 4.04. The fraction of sp³-hybridized carbons (Fsp3) is 0.417. The van der Waals surface area contributed by atoms with Crippen LogP contribution in [0.15, 0.2) is 24.3 Å². The first-order valence-electron chi connectivity index (χ1n) is 5.21. The minimum absolute atomic E-state index is 0.148. The van der Waals surface area contributed by atoms with E-state index in [2.05, 4.69) is 27.9 Å². The van der Waals surface area contributed by atoms with Gasteiger partial charge in [0.15, 0.2) is 0 Å². The number of carbonyl (C=O) groups is 1. The normalized spacial score (nSPS) is 14.2. The minimum Gasteiger partial charge on any atom is -0.388 e. The van der Waals surface area contributed by atoms with Gasteiger partial charge in [0.2, 0.25) is 0 Å². The van der Waals surface area contributed by atoms with Gasteiger partial charge >= 0.3 is 0 Å². The molecule has 0 aliphatic rings. The van der Waals surface area contributed by atoms with Gasteiger partial charge in [-0.1, -0.05) is 6.92 Å². The first-order chi connectivity index (χ1) is 7.44. The van der Waals surface area contributed by atoms with E-state index in [9.17, 15) is 9.90 Å². The molecule has 1 aromatic carbocycles. The molecule has 0 radical (unpaired) electrons. The number of halogens is 1. The van der Waals surface area contributed by atoms with Crippen LogP contribution in [0.4, 0.5) is 0 Å². The summed E-state index contributed by atoms with van der Waals surface area (Å²) in [4.78, 5) is 11.7. The molecule has 1 rings (SSSR count). The van der Waals surface area contributed by atoms with Crippen molar-refractivity contribution in [1.29, 1.82) is 0 Å². The van der Waals surface area contributed by atoms with Gasteiger partial charge in [0, 0.05) is 15.7 Å². The van der Waals surface area contributed by atoms with E-state index in [0.29, 0.717) is 12.0 Å². The highest BCUT2D eigenvalue weighted by atomic mass is 127. The molecule has 0 spiro atoms. The topological polar surface area (TPSA) is 49.3 Å². The molecule has 1 unspecified atom stereocenters. The van der Waals surface area contributed by atoms with Crippen LogP contribution in [0.2, 0.25) is 0 Å². The summed E-state index contributed by atoms with van der Waals surface area (Å²) in [6.45, 7) is 3.87. The quantitative estimate of drug-likeness (QED) is 0.830. The molecule has 0 aliphatic heterocycles. The van der Waals surface area contributed by atoms with Crippen LogP contribution in [0.3, 0.4) is 0 Å². The van der Waals surface area contributed by atoms with Crippen molar-refractivity contribution >= 4 is 28.5 Å². The molecule has 0 aromatic heterocycles. The lowest BCUT2D eigenvalue weighted by Crippen LogP contribution is -2.40. The Morgan fingerprint density at radius 1 is 1.44 bits per heavy atom. The van der Waals surface area contributed by atoms with Crippen LogP contribution in [0.5, 0.6) is 0 Å². The van der Waals surface area contributed by atoms with E-state index >= 15 is 0 Å². The van der Waals surface area contributed by atoms with Crippen molar-refractivity contribution in [1.82, 2.24) is 5.32 Å². The zero-order valence-corrected chi connectivity index (χ0v) is 11.6. The van der Waals surface area contributed by atoms with Crippen LogP contribution in [0.25, 0.3) is 0 Å². The summed E-state index contributed by atoms with van der Waals surface area (Å²) in [6, 6.07) is 7.32. The molecule has 88 valence electrons. The van der Waals surface area contributed by atoms with Crippen LogP contribution in [0.1, 0.15) is 30.6 Å². The van der Waals surface area contributed by atoms with Crippen LogP contribution in [-0.2, 0) is 0 Å². The predicted octanol–water partition coefficient (Wildman–Crippen LogP) is 2.18. The molecule has 0 heterocycles. The summed E-state index contributed by atoms with van der Waals surface area (Å²) in [5.74, 6) is -0.148. The first kappa shape index (κ1) is 13.4. The highest BCUT2D eigenvalue weighted by Crippen LogP contribution is 2.09. The molecule has 0 saturated carbocycles. The Morgan fingerprint density at radius 2 is 2.00 bits per heavy atom. The van der Waals surface area contributed by atoms with Gasteiger partial charge in [-0.2, -0.15) is 0 Å². The Balaban J connectivity index is 2.56. The number of hydrogen-bond donors (Lipinski definition) is 2. The maximum absolute atomic E-state index is 11.7. The van der Waals surface area contributed by atoms with Crippen molar-refractivity contribution in [3.8, 4) is 0 Å². The Morgan fingerprint density at radius 3 is 2.50 bits per heavy atom. The third-order valence-electron chi connectivity index (χ3n) is 2.50. The van der Waals surface area contributed by atoms with Gasteiger partial charge < -0.3 is 10.4 Å². The van der Waals surface area contributed by atoms with Crippen molar-refractivity contribution in [2.45, 2.75) is 25.9 Å². The van der Waals surface area contributed by atoms with Crippen molar-refractivity contribution in [3.05, 3.63) is 33.4 Å². The molecular formula is C12H16INO2. The maximum Gasteiger partial charge on any atom is 0.251 e. The summed E-state index contributed by atoms with van der Waals surface area (Å²) in [5.41, 5.74) is -0.217. The first-order valence-corrected chi connectivity index (χ1v) is 6.28. The third-order valence-corrected chi connectivity index (χ3v) is 3.22. The van der Waals surface area contributed by atoms with Gasteiger partial charge in [-0.3, -0.25) is 4.79 Å². The van der Waals surface area contributed by atoms with Gasteiger partial charge in [-0.25, -0.2) is 0 Å². The van der Waals surface area contributed by atoms with Crippen LogP contribution in [-0.4, -0.2) is 23.2 Å². The van der Waals surface area contributed by atoms with Crippen LogP contribution < -0.4 is 5.32 Å². The molecular weight excluding hydrogens is 317 g/mol. The van der Waals surface area contributed by atoms with E-state index in [-0.39, 0.29) is 12.5 Å². The van der Waals surface area contributed by atoms with E-state index in [1.54, 1.807) is 19.1 Å². The fourth-order valence-electron chi connectivity index (χ4n) is 1.10. The number of aliphatic hydroxyl groups is 1. The Hall–Kier alpha value is -0.620. The third kappa shape index (κ3) is 4.09. The fourth-order valence-corrected chi connectivity index (χ4v) is 1.46. The number of nitrogens with one attached hydrogen (secondary N) is 1. The number of rotatable bonds is 4. The Kier molecular flexibility index (Phi) is 4.73. The molecule has 4 heteroatoms. The van der Waals surface area contributed by atoms with Gasteiger partial charge in [-0.15, -0.1) is 0 Å². The average Bonchev–Trinajstić information content (AvgIpc) is 2.27. The molecule has 1 amide bonds. The molecule has 2 N–H and O–H groups in total. The molecule has 3 nitrogen and oxygen atoms in total. The Bertz CT molecular complexity index is 360. The van der Waals surface area contributed by atoms with E-state index in [1.165, 1.54) is 0 Å². The predicted molar refractivity (Wildman–Crippen MR) is 72.4 cm³/mol.